The molecule has 1 aromatic heterocycles. The number of nitrogens with zero attached hydrogens (tertiary/aromatic N) is 3. The molecule has 1 N–H and O–H groups in total. The molecular formula is C17H20N4O3S. The van der Waals surface area contributed by atoms with Gasteiger partial charge >= 0.3 is 0 Å². The molecule has 132 valence electrons. The summed E-state index contributed by atoms with van der Waals surface area (Å²) in [6, 6.07) is 13.0. The minimum Gasteiger partial charge on any atom is -0.272 e. The summed E-state index contributed by atoms with van der Waals surface area (Å²) in [4.78, 5) is 15.9. The molecule has 8 heteroatoms. The van der Waals surface area contributed by atoms with Crippen LogP contribution >= 0.6 is 0 Å². The maximum Gasteiger partial charge on any atom is 0.255 e. The lowest BCUT2D eigenvalue weighted by molar-refractivity contribution is -0.121. The first-order valence-corrected chi connectivity index (χ1v) is 9.51. The highest BCUT2D eigenvalue weighted by molar-refractivity contribution is 7.88. The van der Waals surface area contributed by atoms with Gasteiger partial charge in [0.05, 0.1) is 19.0 Å². The summed E-state index contributed by atoms with van der Waals surface area (Å²) in [6.07, 6.45) is 6.29. The Bertz CT molecular complexity index is 808. The van der Waals surface area contributed by atoms with Gasteiger partial charge in [-0.05, 0) is 18.1 Å². The molecule has 0 unspecified atom stereocenters. The average Bonchev–Trinajstić information content (AvgIpc) is 2.59. The summed E-state index contributed by atoms with van der Waals surface area (Å²) in [5.41, 5.74) is 4.06. The lowest BCUT2D eigenvalue weighted by Crippen LogP contribution is -2.40. The monoisotopic (exact) mass is 360 g/mol. The molecule has 0 aliphatic rings. The highest BCUT2D eigenvalue weighted by atomic mass is 32.2. The van der Waals surface area contributed by atoms with Crippen molar-refractivity contribution < 1.29 is 13.2 Å². The van der Waals surface area contributed by atoms with E-state index in [0.29, 0.717) is 6.42 Å². The largest absolute Gasteiger partial charge is 0.272 e. The number of amides is 1. The van der Waals surface area contributed by atoms with Crippen molar-refractivity contribution in [2.75, 3.05) is 19.3 Å². The molecule has 0 bridgehead atoms. The summed E-state index contributed by atoms with van der Waals surface area (Å²) in [7, 11) is -3.50. The van der Waals surface area contributed by atoms with Crippen molar-refractivity contribution in [2.24, 2.45) is 5.10 Å². The fourth-order valence-electron chi connectivity index (χ4n) is 2.09. The van der Waals surface area contributed by atoms with Gasteiger partial charge < -0.3 is 0 Å². The van der Waals surface area contributed by atoms with E-state index in [-0.39, 0.29) is 13.1 Å². The molecule has 0 fully saturated rings. The van der Waals surface area contributed by atoms with Gasteiger partial charge in [-0.3, -0.25) is 9.78 Å². The summed E-state index contributed by atoms with van der Waals surface area (Å²) in [5, 5.41) is 3.81. The van der Waals surface area contributed by atoms with Crippen LogP contribution in [0.15, 0.2) is 60.0 Å². The Balaban J connectivity index is 1.90. The van der Waals surface area contributed by atoms with Crippen LogP contribution in [-0.2, 0) is 21.2 Å². The zero-order valence-electron chi connectivity index (χ0n) is 13.9. The van der Waals surface area contributed by atoms with Gasteiger partial charge in [0.2, 0.25) is 10.0 Å². The molecule has 1 aromatic carbocycles. The van der Waals surface area contributed by atoms with Crippen LogP contribution in [0.5, 0.6) is 0 Å². The van der Waals surface area contributed by atoms with Gasteiger partial charge in [-0.1, -0.05) is 36.4 Å². The number of carbonyl (C=O) groups is 1. The molecule has 0 saturated heterocycles. The Hall–Kier alpha value is -2.58. The highest BCUT2D eigenvalue weighted by Gasteiger charge is 2.19. The second-order valence-corrected chi connectivity index (χ2v) is 7.39. The average molecular weight is 360 g/mol. The number of nitrogens with one attached hydrogen (secondary N) is 1. The van der Waals surface area contributed by atoms with Crippen molar-refractivity contribution in [3.05, 3.63) is 66.0 Å². The second kappa shape index (κ2) is 9.05. The van der Waals surface area contributed by atoms with E-state index in [1.807, 2.05) is 30.3 Å². The lowest BCUT2D eigenvalue weighted by Gasteiger charge is -2.18. The van der Waals surface area contributed by atoms with Crippen molar-refractivity contribution in [3.63, 3.8) is 0 Å². The normalized spacial score (nSPS) is 11.8. The first kappa shape index (κ1) is 18.8. The molecule has 7 nitrogen and oxygen atoms in total. The molecule has 2 rings (SSSR count). The summed E-state index contributed by atoms with van der Waals surface area (Å²) >= 11 is 0. The number of hydrogen-bond acceptors (Lipinski definition) is 5. The van der Waals surface area contributed by atoms with Gasteiger partial charge in [0.1, 0.15) is 0 Å². The van der Waals surface area contributed by atoms with Crippen molar-refractivity contribution in [1.29, 1.82) is 0 Å². The van der Waals surface area contributed by atoms with E-state index in [2.05, 4.69) is 15.5 Å². The molecular weight excluding hydrogens is 340 g/mol. The molecule has 2 aromatic rings. The fourth-order valence-corrected chi connectivity index (χ4v) is 2.86. The van der Waals surface area contributed by atoms with E-state index in [9.17, 15) is 13.2 Å². The lowest BCUT2D eigenvalue weighted by atomic mass is 10.1. The van der Waals surface area contributed by atoms with Crippen LogP contribution in [0.3, 0.4) is 0 Å². The van der Waals surface area contributed by atoms with Crippen molar-refractivity contribution in [2.45, 2.75) is 6.42 Å². The third kappa shape index (κ3) is 6.82. The van der Waals surface area contributed by atoms with Gasteiger partial charge in [0, 0.05) is 24.5 Å². The number of aromatic nitrogens is 1. The first-order chi connectivity index (χ1) is 11.9. The third-order valence-corrected chi connectivity index (χ3v) is 4.62. The minimum atomic E-state index is -3.50. The molecule has 0 atom stereocenters. The zero-order chi connectivity index (χ0) is 18.1. The Morgan fingerprint density at radius 1 is 1.24 bits per heavy atom. The molecule has 25 heavy (non-hydrogen) atoms. The molecule has 0 saturated carbocycles. The Labute approximate surface area is 147 Å². The van der Waals surface area contributed by atoms with E-state index in [0.717, 1.165) is 21.7 Å². The van der Waals surface area contributed by atoms with Crippen LogP contribution < -0.4 is 5.43 Å². The van der Waals surface area contributed by atoms with Crippen LogP contribution in [0, 0.1) is 0 Å². The number of benzene rings is 1. The maximum absolute atomic E-state index is 12.0. The minimum absolute atomic E-state index is 0.225. The van der Waals surface area contributed by atoms with Crippen molar-refractivity contribution >= 4 is 22.1 Å². The van der Waals surface area contributed by atoms with E-state index in [1.165, 1.54) is 6.21 Å². The molecule has 0 radical (unpaired) electrons. The van der Waals surface area contributed by atoms with E-state index < -0.39 is 15.9 Å². The number of hydrazone groups is 1. The summed E-state index contributed by atoms with van der Waals surface area (Å²) in [5.74, 6) is -0.501. The number of carbonyl (C=O) groups excluding carboxylic acids is 1. The van der Waals surface area contributed by atoms with Crippen molar-refractivity contribution in [3.8, 4) is 0 Å². The molecule has 0 aliphatic carbocycles. The predicted octanol–water partition coefficient (Wildman–Crippen LogP) is 1.04. The standard InChI is InChI=1S/C17H20N4O3S/c1-25(23,24)21(11-9-15-6-3-2-4-7-15)14-17(22)20-19-13-16-8-5-10-18-12-16/h2-8,10,12-13H,9,11,14H2,1H3,(H,20,22)/b19-13+. The van der Waals surface area contributed by atoms with Crippen LogP contribution in [-0.4, -0.2) is 49.2 Å². The highest BCUT2D eigenvalue weighted by Crippen LogP contribution is 2.04. The van der Waals surface area contributed by atoms with Crippen LogP contribution in [0.1, 0.15) is 11.1 Å². The SMILES string of the molecule is CS(=O)(=O)N(CCc1ccccc1)CC(=O)N/N=C/c1cccnc1. The zero-order valence-corrected chi connectivity index (χ0v) is 14.7. The van der Waals surface area contributed by atoms with Crippen LogP contribution in [0.2, 0.25) is 0 Å². The number of sulfonamides is 1. The summed E-state index contributed by atoms with van der Waals surface area (Å²) < 4.78 is 24.9. The van der Waals surface area contributed by atoms with Crippen LogP contribution in [0.25, 0.3) is 0 Å². The second-order valence-electron chi connectivity index (χ2n) is 5.41. The molecule has 1 heterocycles. The number of hydrogen-bond donors (Lipinski definition) is 1. The van der Waals surface area contributed by atoms with Crippen LogP contribution in [0.4, 0.5) is 0 Å². The topological polar surface area (TPSA) is 91.7 Å². The van der Waals surface area contributed by atoms with E-state index in [1.54, 1.807) is 24.5 Å². The molecule has 1 amide bonds. The Morgan fingerprint density at radius 2 is 2.00 bits per heavy atom. The first-order valence-electron chi connectivity index (χ1n) is 7.66. The maximum atomic E-state index is 12.0. The predicted molar refractivity (Wildman–Crippen MR) is 96.5 cm³/mol. The van der Waals surface area contributed by atoms with Gasteiger partial charge in [-0.25, -0.2) is 13.8 Å². The van der Waals surface area contributed by atoms with Gasteiger partial charge in [-0.15, -0.1) is 0 Å². The number of rotatable bonds is 8. The van der Waals surface area contributed by atoms with E-state index in [4.69, 9.17) is 0 Å². The number of pyridine rings is 1. The Kier molecular flexibility index (Phi) is 6.79. The van der Waals surface area contributed by atoms with Crippen molar-refractivity contribution in [1.82, 2.24) is 14.7 Å². The molecule has 0 aliphatic heterocycles. The molecule has 0 spiro atoms. The van der Waals surface area contributed by atoms with Gasteiger partial charge in [0.15, 0.2) is 0 Å². The third-order valence-electron chi connectivity index (χ3n) is 3.37. The fraction of sp³-hybridized carbons (Fsp3) is 0.235. The summed E-state index contributed by atoms with van der Waals surface area (Å²) in [6.45, 7) is -0.0569. The van der Waals surface area contributed by atoms with Gasteiger partial charge in [-0.2, -0.15) is 9.41 Å². The van der Waals surface area contributed by atoms with Gasteiger partial charge in [0.25, 0.3) is 5.91 Å². The van der Waals surface area contributed by atoms with E-state index >= 15 is 0 Å². The smallest absolute Gasteiger partial charge is 0.255 e. The quantitative estimate of drug-likeness (QED) is 0.562. The Morgan fingerprint density at radius 3 is 2.64 bits per heavy atom.